The summed E-state index contributed by atoms with van der Waals surface area (Å²) in [7, 11) is 1.44. The fourth-order valence-corrected chi connectivity index (χ4v) is 3.69. The molecule has 3 aromatic rings. The highest BCUT2D eigenvalue weighted by Crippen LogP contribution is 2.27. The van der Waals surface area contributed by atoms with Gasteiger partial charge in [0.1, 0.15) is 5.75 Å². The van der Waals surface area contributed by atoms with Crippen molar-refractivity contribution in [3.05, 3.63) is 83.0 Å². The van der Waals surface area contributed by atoms with Gasteiger partial charge in [0.15, 0.2) is 23.3 Å². The molecule has 0 spiro atoms. The zero-order valence-electron chi connectivity index (χ0n) is 19.8. The molecule has 1 aromatic heterocycles. The lowest BCUT2D eigenvalue weighted by Gasteiger charge is -2.17. The first-order chi connectivity index (χ1) is 17.6. The number of nitrogens with zero attached hydrogens (tertiary/aromatic N) is 2. The second-order valence-corrected chi connectivity index (χ2v) is 8.35. The van der Waals surface area contributed by atoms with Crippen LogP contribution < -0.4 is 15.6 Å². The highest BCUT2D eigenvalue weighted by molar-refractivity contribution is 6.17. The molecule has 0 aliphatic heterocycles. The normalized spacial score (nSPS) is 12.2. The molecule has 1 unspecified atom stereocenters. The van der Waals surface area contributed by atoms with Crippen LogP contribution in [0.15, 0.2) is 48.7 Å². The number of hydrogen-bond acceptors (Lipinski definition) is 4. The van der Waals surface area contributed by atoms with E-state index in [0.717, 1.165) is 11.8 Å². The third-order valence-corrected chi connectivity index (χ3v) is 5.62. The molecule has 2 aromatic carbocycles. The first-order valence-electron chi connectivity index (χ1n) is 11.0. The smallest absolute Gasteiger partial charge is 0.298 e. The summed E-state index contributed by atoms with van der Waals surface area (Å²) in [5, 5.41) is 0. The first-order valence-corrected chi connectivity index (χ1v) is 11.5. The summed E-state index contributed by atoms with van der Waals surface area (Å²) in [5.41, 5.74) is 5.52. The quantitative estimate of drug-likeness (QED) is 0.134. The van der Waals surface area contributed by atoms with Crippen LogP contribution in [-0.4, -0.2) is 34.4 Å². The minimum Gasteiger partial charge on any atom is -0.495 e. The topological polar surface area (TPSA) is 85.3 Å². The molecule has 37 heavy (non-hydrogen) atoms. The van der Waals surface area contributed by atoms with E-state index in [1.165, 1.54) is 13.2 Å². The molecule has 7 nitrogen and oxygen atoms in total. The average Bonchev–Trinajstić information content (AvgIpc) is 3.31. The highest BCUT2D eigenvalue weighted by atomic mass is 35.5. The van der Waals surface area contributed by atoms with E-state index >= 15 is 0 Å². The lowest BCUT2D eigenvalue weighted by atomic mass is 9.93. The Morgan fingerprint density at radius 3 is 2.46 bits per heavy atom. The van der Waals surface area contributed by atoms with E-state index in [9.17, 15) is 27.2 Å². The van der Waals surface area contributed by atoms with E-state index in [0.29, 0.717) is 29.1 Å². The van der Waals surface area contributed by atoms with Gasteiger partial charge in [0, 0.05) is 12.1 Å². The summed E-state index contributed by atoms with van der Waals surface area (Å²) >= 11 is 5.66. The number of aromatic nitrogens is 2. The van der Waals surface area contributed by atoms with Gasteiger partial charge >= 0.3 is 0 Å². The molecule has 0 aliphatic carbocycles. The fourth-order valence-electron chi connectivity index (χ4n) is 3.53. The van der Waals surface area contributed by atoms with Crippen LogP contribution in [-0.2, 0) is 9.59 Å². The summed E-state index contributed by atoms with van der Waals surface area (Å²) in [6.45, 7) is 1.82. The van der Waals surface area contributed by atoms with Crippen LogP contribution >= 0.6 is 11.6 Å². The van der Waals surface area contributed by atoms with Crippen molar-refractivity contribution in [2.45, 2.75) is 25.7 Å². The summed E-state index contributed by atoms with van der Waals surface area (Å²) < 4.78 is 62.3. The van der Waals surface area contributed by atoms with Crippen molar-refractivity contribution in [2.24, 2.45) is 0 Å². The van der Waals surface area contributed by atoms with E-state index in [4.69, 9.17) is 16.3 Å². The van der Waals surface area contributed by atoms with Gasteiger partial charge in [0.25, 0.3) is 5.91 Å². The van der Waals surface area contributed by atoms with Crippen molar-refractivity contribution in [2.75, 3.05) is 13.0 Å². The summed E-state index contributed by atoms with van der Waals surface area (Å²) in [5.74, 6) is -8.65. The number of halogens is 5. The van der Waals surface area contributed by atoms with Gasteiger partial charge in [-0.3, -0.25) is 20.4 Å². The molecule has 0 saturated carbocycles. The Balaban J connectivity index is 1.72. The molecule has 196 valence electrons. The monoisotopic (exact) mass is 538 g/mol. The standard InChI is InChI=1S/C25H23ClF4N4O3/c1-14-12-34(13-31-14)21-6-5-15(9-22(21)37-2)8-20(29)25(36)33-32-24(35)17(4-3-7-26)16-10-18(27)23(30)19(28)11-16/h5-6,8-13,17H,3-4,7H2,1-2H3,(H,32,35)(H,33,36)/b20-8-. The van der Waals surface area contributed by atoms with Crippen LogP contribution in [0.2, 0.25) is 0 Å². The summed E-state index contributed by atoms with van der Waals surface area (Å²) in [6, 6.07) is 6.08. The molecule has 1 atom stereocenters. The number of benzene rings is 2. The predicted octanol–water partition coefficient (Wildman–Crippen LogP) is 4.87. The van der Waals surface area contributed by atoms with E-state index in [1.807, 2.05) is 17.8 Å². The SMILES string of the molecule is COc1cc(/C=C(\F)C(=O)NNC(=O)C(CCCCl)c2cc(F)c(F)c(F)c2)ccc1-n1cnc(C)c1. The second-order valence-electron chi connectivity index (χ2n) is 7.97. The number of alkyl halides is 1. The van der Waals surface area contributed by atoms with E-state index in [2.05, 4.69) is 4.98 Å². The minimum absolute atomic E-state index is 0.0383. The van der Waals surface area contributed by atoms with Crippen LogP contribution in [0.3, 0.4) is 0 Å². The van der Waals surface area contributed by atoms with Crippen molar-refractivity contribution in [3.63, 3.8) is 0 Å². The molecule has 0 bridgehead atoms. The van der Waals surface area contributed by atoms with Crippen LogP contribution in [0.5, 0.6) is 5.75 Å². The maximum absolute atomic E-state index is 14.6. The lowest BCUT2D eigenvalue weighted by molar-refractivity contribution is -0.128. The average molecular weight is 539 g/mol. The maximum Gasteiger partial charge on any atom is 0.298 e. The Labute approximate surface area is 215 Å². The minimum atomic E-state index is -1.68. The van der Waals surface area contributed by atoms with E-state index in [1.54, 1.807) is 29.2 Å². The molecule has 1 heterocycles. The van der Waals surface area contributed by atoms with E-state index in [-0.39, 0.29) is 24.3 Å². The molecule has 2 amide bonds. The molecule has 0 aliphatic rings. The number of methoxy groups -OCH3 is 1. The second kappa shape index (κ2) is 12.4. The summed E-state index contributed by atoms with van der Waals surface area (Å²) in [4.78, 5) is 29.0. The third-order valence-electron chi connectivity index (χ3n) is 5.35. The van der Waals surface area contributed by atoms with Gasteiger partial charge in [0.05, 0.1) is 30.7 Å². The van der Waals surface area contributed by atoms with Crippen LogP contribution in [0.25, 0.3) is 11.8 Å². The van der Waals surface area contributed by atoms with Crippen molar-refractivity contribution in [1.29, 1.82) is 0 Å². The van der Waals surface area contributed by atoms with E-state index < -0.39 is 41.0 Å². The number of hydrogen-bond donors (Lipinski definition) is 2. The maximum atomic E-state index is 14.6. The van der Waals surface area contributed by atoms with Gasteiger partial charge in [-0.15, -0.1) is 11.6 Å². The number of ether oxygens (including phenoxy) is 1. The highest BCUT2D eigenvalue weighted by Gasteiger charge is 2.24. The van der Waals surface area contributed by atoms with Crippen molar-refractivity contribution >= 4 is 29.5 Å². The molecular weight excluding hydrogens is 516 g/mol. The number of amides is 2. The number of aryl methyl sites for hydroxylation is 1. The van der Waals surface area contributed by atoms with Gasteiger partial charge in [-0.25, -0.2) is 22.5 Å². The number of rotatable bonds is 9. The number of hydrazine groups is 1. The van der Waals surface area contributed by atoms with Gasteiger partial charge in [-0.1, -0.05) is 6.07 Å². The Morgan fingerprint density at radius 1 is 1.16 bits per heavy atom. The Bertz CT molecular complexity index is 1310. The van der Waals surface area contributed by atoms with Crippen molar-refractivity contribution < 1.29 is 31.9 Å². The number of imidazole rings is 1. The zero-order chi connectivity index (χ0) is 27.1. The van der Waals surface area contributed by atoms with Gasteiger partial charge in [-0.05, 0) is 61.2 Å². The third kappa shape index (κ3) is 6.88. The molecule has 2 N–H and O–H groups in total. The lowest BCUT2D eigenvalue weighted by Crippen LogP contribution is -2.44. The van der Waals surface area contributed by atoms with Gasteiger partial charge in [-0.2, -0.15) is 0 Å². The fraction of sp³-hybridized carbons (Fsp3) is 0.240. The van der Waals surface area contributed by atoms with Crippen LogP contribution in [0.1, 0.15) is 35.6 Å². The number of carbonyl (C=O) groups is 2. The van der Waals surface area contributed by atoms with Crippen molar-refractivity contribution in [3.8, 4) is 11.4 Å². The number of carbonyl (C=O) groups excluding carboxylic acids is 2. The molecule has 12 heteroatoms. The zero-order valence-corrected chi connectivity index (χ0v) is 20.6. The van der Waals surface area contributed by atoms with Crippen LogP contribution in [0, 0.1) is 24.4 Å². The summed E-state index contributed by atoms with van der Waals surface area (Å²) in [6.07, 6.45) is 4.62. The van der Waals surface area contributed by atoms with Gasteiger partial charge < -0.3 is 9.30 Å². The molecule has 0 radical (unpaired) electrons. The predicted molar refractivity (Wildman–Crippen MR) is 129 cm³/mol. The van der Waals surface area contributed by atoms with Crippen molar-refractivity contribution in [1.82, 2.24) is 20.4 Å². The van der Waals surface area contributed by atoms with Crippen LogP contribution in [0.4, 0.5) is 17.6 Å². The number of nitrogens with one attached hydrogen (secondary N) is 2. The molecule has 3 rings (SSSR count). The molecule has 0 fully saturated rings. The Morgan fingerprint density at radius 2 is 1.86 bits per heavy atom. The first kappa shape index (κ1) is 27.7. The largest absolute Gasteiger partial charge is 0.495 e. The Hall–Kier alpha value is -3.86. The van der Waals surface area contributed by atoms with Gasteiger partial charge in [0.2, 0.25) is 5.91 Å². The molecule has 0 saturated heterocycles. The molecular formula is C25H23ClF4N4O3. The Kier molecular flexibility index (Phi) is 9.29.